The molecular formula is C14H22N2O3. The molecule has 5 nitrogen and oxygen atoms in total. The van der Waals surface area contributed by atoms with Gasteiger partial charge in [0, 0.05) is 18.7 Å². The lowest BCUT2D eigenvalue weighted by Gasteiger charge is -2.13. The molecule has 0 saturated heterocycles. The molecule has 0 bridgehead atoms. The average molecular weight is 266 g/mol. The first kappa shape index (κ1) is 15.3. The molecule has 0 spiro atoms. The second-order valence-electron chi connectivity index (χ2n) is 3.99. The predicted molar refractivity (Wildman–Crippen MR) is 74.8 cm³/mol. The number of nitrogens with one attached hydrogen (secondary N) is 1. The maximum atomic E-state index is 11.8. The Kier molecular flexibility index (Phi) is 6.74. The second kappa shape index (κ2) is 8.37. The Morgan fingerprint density at radius 3 is 2.68 bits per heavy atom. The highest BCUT2D eigenvalue weighted by molar-refractivity contribution is 5.94. The van der Waals surface area contributed by atoms with E-state index in [9.17, 15) is 4.79 Å². The molecule has 1 aromatic rings. The number of carbonyl (C=O) groups excluding carboxylic acids is 1. The molecule has 0 aliphatic rings. The number of rotatable bonds is 8. The molecular weight excluding hydrogens is 244 g/mol. The van der Waals surface area contributed by atoms with Crippen molar-refractivity contribution in [2.24, 2.45) is 5.73 Å². The average Bonchev–Trinajstić information content (AvgIpc) is 2.43. The first-order chi connectivity index (χ1) is 9.22. The molecule has 3 N–H and O–H groups in total. The minimum atomic E-state index is -0.159. The number of nitrogens with two attached hydrogens (primary N) is 1. The fourth-order valence-electron chi connectivity index (χ4n) is 1.54. The van der Waals surface area contributed by atoms with Crippen LogP contribution in [0.3, 0.4) is 0 Å². The van der Waals surface area contributed by atoms with Gasteiger partial charge >= 0.3 is 0 Å². The molecule has 5 heteroatoms. The topological polar surface area (TPSA) is 73.6 Å². The molecule has 106 valence electrons. The molecule has 0 fully saturated rings. The summed E-state index contributed by atoms with van der Waals surface area (Å²) in [6.45, 7) is 5.95. The van der Waals surface area contributed by atoms with E-state index in [4.69, 9.17) is 15.2 Å². The Labute approximate surface area is 114 Å². The van der Waals surface area contributed by atoms with Crippen LogP contribution in [0.2, 0.25) is 0 Å². The van der Waals surface area contributed by atoms with Crippen LogP contribution >= 0.6 is 0 Å². The van der Waals surface area contributed by atoms with Crippen molar-refractivity contribution >= 4 is 5.91 Å². The van der Waals surface area contributed by atoms with Crippen molar-refractivity contribution < 1.29 is 14.3 Å². The quantitative estimate of drug-likeness (QED) is 0.749. The van der Waals surface area contributed by atoms with Gasteiger partial charge in [0.15, 0.2) is 11.5 Å². The van der Waals surface area contributed by atoms with Crippen LogP contribution < -0.4 is 20.5 Å². The van der Waals surface area contributed by atoms with Gasteiger partial charge in [0.25, 0.3) is 5.91 Å². The molecule has 0 atom stereocenters. The minimum absolute atomic E-state index is 0.159. The van der Waals surface area contributed by atoms with Gasteiger partial charge in [-0.25, -0.2) is 0 Å². The van der Waals surface area contributed by atoms with Gasteiger partial charge in [-0.1, -0.05) is 6.92 Å². The lowest BCUT2D eigenvalue weighted by Crippen LogP contribution is -2.28. The van der Waals surface area contributed by atoms with Gasteiger partial charge in [-0.05, 0) is 31.5 Å². The van der Waals surface area contributed by atoms with E-state index in [1.165, 1.54) is 0 Å². The predicted octanol–water partition coefficient (Wildman–Crippen LogP) is 1.56. The minimum Gasteiger partial charge on any atom is -0.490 e. The smallest absolute Gasteiger partial charge is 0.251 e. The summed E-state index contributed by atoms with van der Waals surface area (Å²) < 4.78 is 11.1. The number of hydrogen-bond acceptors (Lipinski definition) is 4. The lowest BCUT2D eigenvalue weighted by molar-refractivity contribution is 0.0954. The van der Waals surface area contributed by atoms with Crippen molar-refractivity contribution in [3.8, 4) is 11.5 Å². The van der Waals surface area contributed by atoms with Crippen LogP contribution in [0.5, 0.6) is 11.5 Å². The zero-order valence-electron chi connectivity index (χ0n) is 11.6. The summed E-state index contributed by atoms with van der Waals surface area (Å²) >= 11 is 0. The fourth-order valence-corrected chi connectivity index (χ4v) is 1.54. The third kappa shape index (κ3) is 4.79. The largest absolute Gasteiger partial charge is 0.490 e. The van der Waals surface area contributed by atoms with Crippen molar-refractivity contribution in [1.82, 2.24) is 5.32 Å². The molecule has 0 aliphatic carbocycles. The van der Waals surface area contributed by atoms with Crippen molar-refractivity contribution in [1.29, 1.82) is 0 Å². The Hall–Kier alpha value is -1.75. The molecule has 0 radical (unpaired) electrons. The molecule has 0 heterocycles. The summed E-state index contributed by atoms with van der Waals surface area (Å²) in [6.07, 6.45) is 0.921. The molecule has 1 amide bonds. The van der Waals surface area contributed by atoms with E-state index in [0.29, 0.717) is 43.4 Å². The molecule has 0 saturated carbocycles. The molecule has 0 aromatic heterocycles. The highest BCUT2D eigenvalue weighted by atomic mass is 16.5. The Bertz CT molecular complexity index is 408. The molecule has 1 rings (SSSR count). The van der Waals surface area contributed by atoms with Crippen molar-refractivity contribution in [3.05, 3.63) is 23.8 Å². The number of amides is 1. The van der Waals surface area contributed by atoms with Crippen molar-refractivity contribution in [2.45, 2.75) is 20.3 Å². The van der Waals surface area contributed by atoms with Gasteiger partial charge in [0.05, 0.1) is 13.2 Å². The van der Waals surface area contributed by atoms with E-state index >= 15 is 0 Å². The first-order valence-electron chi connectivity index (χ1n) is 6.60. The van der Waals surface area contributed by atoms with E-state index in [0.717, 1.165) is 6.42 Å². The van der Waals surface area contributed by atoms with Crippen molar-refractivity contribution in [2.75, 3.05) is 26.3 Å². The Morgan fingerprint density at radius 1 is 1.26 bits per heavy atom. The molecule has 0 unspecified atom stereocenters. The van der Waals surface area contributed by atoms with Crippen LogP contribution in [0.15, 0.2) is 18.2 Å². The van der Waals surface area contributed by atoms with Crippen LogP contribution in [0.4, 0.5) is 0 Å². The van der Waals surface area contributed by atoms with Crippen LogP contribution in [0.1, 0.15) is 30.6 Å². The van der Waals surface area contributed by atoms with Crippen LogP contribution in [-0.4, -0.2) is 32.2 Å². The highest BCUT2D eigenvalue weighted by Crippen LogP contribution is 2.28. The van der Waals surface area contributed by atoms with Crippen molar-refractivity contribution in [3.63, 3.8) is 0 Å². The highest BCUT2D eigenvalue weighted by Gasteiger charge is 2.11. The van der Waals surface area contributed by atoms with Gasteiger partial charge in [0.2, 0.25) is 0 Å². The molecule has 19 heavy (non-hydrogen) atoms. The first-order valence-corrected chi connectivity index (χ1v) is 6.60. The van der Waals surface area contributed by atoms with Gasteiger partial charge in [-0.2, -0.15) is 0 Å². The number of ether oxygens (including phenoxy) is 2. The number of benzene rings is 1. The third-order valence-electron chi connectivity index (χ3n) is 2.40. The third-order valence-corrected chi connectivity index (χ3v) is 2.40. The summed E-state index contributed by atoms with van der Waals surface area (Å²) in [4.78, 5) is 11.8. The normalized spacial score (nSPS) is 10.1. The Morgan fingerprint density at radius 2 is 2.05 bits per heavy atom. The zero-order chi connectivity index (χ0) is 14.1. The lowest BCUT2D eigenvalue weighted by atomic mass is 10.2. The Balaban J connectivity index is 2.84. The number of carbonyl (C=O) groups is 1. The second-order valence-corrected chi connectivity index (χ2v) is 3.99. The summed E-state index contributed by atoms with van der Waals surface area (Å²) in [6, 6.07) is 5.18. The zero-order valence-corrected chi connectivity index (χ0v) is 11.6. The van der Waals surface area contributed by atoms with Gasteiger partial charge in [-0.15, -0.1) is 0 Å². The fraction of sp³-hybridized carbons (Fsp3) is 0.500. The van der Waals surface area contributed by atoms with E-state index in [1.807, 2.05) is 13.8 Å². The van der Waals surface area contributed by atoms with Crippen LogP contribution in [0, 0.1) is 0 Å². The van der Waals surface area contributed by atoms with E-state index in [-0.39, 0.29) is 5.91 Å². The van der Waals surface area contributed by atoms with Crippen LogP contribution in [-0.2, 0) is 0 Å². The van der Waals surface area contributed by atoms with E-state index in [2.05, 4.69) is 5.32 Å². The summed E-state index contributed by atoms with van der Waals surface area (Å²) in [5.74, 6) is 1.10. The maximum Gasteiger partial charge on any atom is 0.251 e. The standard InChI is InChI=1S/C14H22N2O3/c1-3-9-19-12-6-5-11(10-13(12)18-4-2)14(17)16-8-7-15/h5-6,10H,3-4,7-9,15H2,1-2H3,(H,16,17). The van der Waals surface area contributed by atoms with Gasteiger partial charge in [-0.3, -0.25) is 4.79 Å². The monoisotopic (exact) mass is 266 g/mol. The molecule has 0 aliphatic heterocycles. The maximum absolute atomic E-state index is 11.8. The number of hydrogen-bond donors (Lipinski definition) is 2. The summed E-state index contributed by atoms with van der Waals surface area (Å²) in [5, 5.41) is 2.72. The van der Waals surface area contributed by atoms with Gasteiger partial charge < -0.3 is 20.5 Å². The SMILES string of the molecule is CCCOc1ccc(C(=O)NCCN)cc1OCC. The van der Waals surface area contributed by atoms with Crippen LogP contribution in [0.25, 0.3) is 0 Å². The van der Waals surface area contributed by atoms with Gasteiger partial charge in [0.1, 0.15) is 0 Å². The van der Waals surface area contributed by atoms with E-state index < -0.39 is 0 Å². The summed E-state index contributed by atoms with van der Waals surface area (Å²) in [7, 11) is 0. The molecule has 1 aromatic carbocycles. The van der Waals surface area contributed by atoms with E-state index in [1.54, 1.807) is 18.2 Å². The summed E-state index contributed by atoms with van der Waals surface area (Å²) in [5.41, 5.74) is 5.89.